The summed E-state index contributed by atoms with van der Waals surface area (Å²) in [4.78, 5) is 25.8. The molecule has 3 rings (SSSR count). The molecule has 1 amide bonds. The smallest absolute Gasteiger partial charge is 0.270 e. The number of benzene rings is 2. The fraction of sp³-hybridized carbons (Fsp3) is 0.350. The molecule has 0 aliphatic carbocycles. The first-order valence-electron chi connectivity index (χ1n) is 8.96. The van der Waals surface area contributed by atoms with Crippen LogP contribution in [0.5, 0.6) is 0 Å². The van der Waals surface area contributed by atoms with Crippen LogP contribution >= 0.6 is 0 Å². The van der Waals surface area contributed by atoms with Gasteiger partial charge < -0.3 is 10.2 Å². The number of carbonyl (C=O) groups is 1. The Hall–Kier alpha value is -2.89. The molecule has 1 N–H and O–H groups in total. The van der Waals surface area contributed by atoms with Crippen molar-refractivity contribution in [2.24, 2.45) is 0 Å². The molecule has 0 bridgehead atoms. The maximum Gasteiger partial charge on any atom is 0.270 e. The third kappa shape index (κ3) is 4.20. The predicted molar refractivity (Wildman–Crippen MR) is 103 cm³/mol. The van der Waals surface area contributed by atoms with Crippen molar-refractivity contribution in [3.05, 3.63) is 63.7 Å². The van der Waals surface area contributed by atoms with Crippen LogP contribution in [0.1, 0.15) is 41.6 Å². The number of non-ortho nitro benzene ring substituents is 1. The van der Waals surface area contributed by atoms with Crippen LogP contribution in [-0.2, 0) is 0 Å². The van der Waals surface area contributed by atoms with Crippen LogP contribution < -0.4 is 10.2 Å². The van der Waals surface area contributed by atoms with E-state index in [-0.39, 0.29) is 11.6 Å². The summed E-state index contributed by atoms with van der Waals surface area (Å²) in [6.07, 6.45) is 4.48. The summed E-state index contributed by atoms with van der Waals surface area (Å²) < 4.78 is 0. The topological polar surface area (TPSA) is 75.5 Å². The number of aryl methyl sites for hydroxylation is 1. The van der Waals surface area contributed by atoms with Crippen LogP contribution in [0, 0.1) is 17.0 Å². The van der Waals surface area contributed by atoms with Gasteiger partial charge in [0.25, 0.3) is 11.6 Å². The van der Waals surface area contributed by atoms with Crippen LogP contribution in [-0.4, -0.2) is 23.9 Å². The molecule has 0 aromatic heterocycles. The number of nitro groups is 1. The van der Waals surface area contributed by atoms with Gasteiger partial charge in [-0.15, -0.1) is 0 Å². The highest BCUT2D eigenvalue weighted by Crippen LogP contribution is 2.28. The second-order valence-electron chi connectivity index (χ2n) is 6.68. The van der Waals surface area contributed by atoms with Crippen LogP contribution in [0.3, 0.4) is 0 Å². The zero-order valence-corrected chi connectivity index (χ0v) is 14.9. The highest BCUT2D eigenvalue weighted by atomic mass is 16.6. The average Bonchev–Trinajstić information content (AvgIpc) is 2.90. The molecule has 26 heavy (non-hydrogen) atoms. The summed E-state index contributed by atoms with van der Waals surface area (Å²) in [5, 5.41) is 14.1. The molecule has 0 atom stereocenters. The van der Waals surface area contributed by atoms with E-state index in [2.05, 4.69) is 10.2 Å². The summed E-state index contributed by atoms with van der Waals surface area (Å²) in [5.41, 5.74) is 2.76. The molecule has 2 aromatic rings. The van der Waals surface area contributed by atoms with Crippen molar-refractivity contribution in [3.8, 4) is 0 Å². The fourth-order valence-corrected chi connectivity index (χ4v) is 3.33. The summed E-state index contributed by atoms with van der Waals surface area (Å²) in [5.74, 6) is -0.321. The van der Waals surface area contributed by atoms with Crippen molar-refractivity contribution < 1.29 is 9.72 Å². The summed E-state index contributed by atoms with van der Waals surface area (Å²) in [6, 6.07) is 12.1. The Morgan fingerprint density at radius 3 is 2.46 bits per heavy atom. The zero-order valence-electron chi connectivity index (χ0n) is 14.9. The van der Waals surface area contributed by atoms with Crippen LogP contribution in [0.2, 0.25) is 0 Å². The molecule has 0 spiro atoms. The summed E-state index contributed by atoms with van der Waals surface area (Å²) in [7, 11) is 0. The van der Waals surface area contributed by atoms with Gasteiger partial charge in [0.2, 0.25) is 0 Å². The minimum absolute atomic E-state index is 0.0713. The molecule has 1 aliphatic rings. The Morgan fingerprint density at radius 2 is 1.81 bits per heavy atom. The Bertz CT molecular complexity index is 812. The molecule has 0 saturated carbocycles. The largest absolute Gasteiger partial charge is 0.371 e. The van der Waals surface area contributed by atoms with E-state index in [9.17, 15) is 14.9 Å². The van der Waals surface area contributed by atoms with Gasteiger partial charge in [-0.1, -0.05) is 25.0 Å². The van der Waals surface area contributed by atoms with Crippen LogP contribution in [0.4, 0.5) is 17.1 Å². The lowest BCUT2D eigenvalue weighted by Gasteiger charge is -2.25. The maximum absolute atomic E-state index is 12.9. The molecule has 0 radical (unpaired) electrons. The first kappa shape index (κ1) is 17.9. The number of rotatable bonds is 4. The number of nitrogens with zero attached hydrogens (tertiary/aromatic N) is 2. The molecule has 1 heterocycles. The van der Waals surface area contributed by atoms with E-state index < -0.39 is 4.92 Å². The molecular formula is C20H23N3O3. The van der Waals surface area contributed by atoms with Gasteiger partial charge >= 0.3 is 0 Å². The quantitative estimate of drug-likeness (QED) is 0.647. The van der Waals surface area contributed by atoms with Gasteiger partial charge in [0.05, 0.1) is 16.2 Å². The molecule has 0 unspecified atom stereocenters. The first-order valence-corrected chi connectivity index (χ1v) is 8.96. The van der Waals surface area contributed by atoms with Crippen molar-refractivity contribution in [2.75, 3.05) is 23.3 Å². The lowest BCUT2D eigenvalue weighted by atomic mass is 10.1. The van der Waals surface area contributed by atoms with Crippen LogP contribution in [0.15, 0.2) is 42.5 Å². The van der Waals surface area contributed by atoms with Crippen molar-refractivity contribution in [2.45, 2.75) is 32.6 Å². The third-order valence-corrected chi connectivity index (χ3v) is 4.66. The molecule has 6 heteroatoms. The third-order valence-electron chi connectivity index (χ3n) is 4.66. The lowest BCUT2D eigenvalue weighted by molar-refractivity contribution is -0.384. The van der Waals surface area contributed by atoms with Gasteiger partial charge in [0, 0.05) is 30.9 Å². The van der Waals surface area contributed by atoms with Gasteiger partial charge in [0.1, 0.15) is 0 Å². The van der Waals surface area contributed by atoms with E-state index in [0.717, 1.165) is 37.2 Å². The zero-order chi connectivity index (χ0) is 18.5. The van der Waals surface area contributed by atoms with E-state index in [4.69, 9.17) is 0 Å². The van der Waals surface area contributed by atoms with Crippen LogP contribution in [0.25, 0.3) is 0 Å². The van der Waals surface area contributed by atoms with E-state index in [1.165, 1.54) is 25.0 Å². The Balaban J connectivity index is 1.94. The number of nitro benzene ring substituents is 1. The van der Waals surface area contributed by atoms with Gasteiger partial charge in [-0.05, 0) is 43.5 Å². The highest BCUT2D eigenvalue weighted by Gasteiger charge is 2.21. The normalized spacial score (nSPS) is 14.6. The number of hydrogen-bond acceptors (Lipinski definition) is 4. The van der Waals surface area contributed by atoms with E-state index in [1.807, 2.05) is 31.2 Å². The number of amides is 1. The number of nitrogens with one attached hydrogen (secondary N) is 1. The van der Waals surface area contributed by atoms with Crippen molar-refractivity contribution in [1.29, 1.82) is 0 Å². The molecule has 2 aromatic carbocycles. The SMILES string of the molecule is Cc1cccc(NC(=O)c2cc([N+](=O)[O-])ccc2N2CCCCCC2)c1. The molecule has 136 valence electrons. The van der Waals surface area contributed by atoms with Gasteiger partial charge in [0.15, 0.2) is 0 Å². The van der Waals surface area contributed by atoms with Crippen molar-refractivity contribution in [3.63, 3.8) is 0 Å². The minimum Gasteiger partial charge on any atom is -0.371 e. The number of carbonyl (C=O) groups excluding carboxylic acids is 1. The fourth-order valence-electron chi connectivity index (χ4n) is 3.33. The Kier molecular flexibility index (Phi) is 5.51. The number of hydrogen-bond donors (Lipinski definition) is 1. The first-order chi connectivity index (χ1) is 12.5. The summed E-state index contributed by atoms with van der Waals surface area (Å²) in [6.45, 7) is 3.68. The molecule has 1 fully saturated rings. The Morgan fingerprint density at radius 1 is 1.08 bits per heavy atom. The molecule has 1 saturated heterocycles. The van der Waals surface area contributed by atoms with Crippen molar-refractivity contribution >= 4 is 23.0 Å². The Labute approximate surface area is 153 Å². The maximum atomic E-state index is 12.9. The molecule has 1 aliphatic heterocycles. The van der Waals surface area contributed by atoms with Gasteiger partial charge in [-0.3, -0.25) is 14.9 Å². The average molecular weight is 353 g/mol. The predicted octanol–water partition coefficient (Wildman–Crippen LogP) is 4.54. The van der Waals surface area contributed by atoms with Crippen molar-refractivity contribution in [1.82, 2.24) is 0 Å². The number of anilines is 2. The molecular weight excluding hydrogens is 330 g/mol. The highest BCUT2D eigenvalue weighted by molar-refractivity contribution is 6.08. The van der Waals surface area contributed by atoms with E-state index in [0.29, 0.717) is 11.3 Å². The van der Waals surface area contributed by atoms with E-state index in [1.54, 1.807) is 6.07 Å². The second kappa shape index (κ2) is 7.99. The minimum atomic E-state index is -0.463. The lowest BCUT2D eigenvalue weighted by Crippen LogP contribution is -2.27. The second-order valence-corrected chi connectivity index (χ2v) is 6.68. The van der Waals surface area contributed by atoms with Gasteiger partial charge in [-0.25, -0.2) is 0 Å². The van der Waals surface area contributed by atoms with Gasteiger partial charge in [-0.2, -0.15) is 0 Å². The molecule has 6 nitrogen and oxygen atoms in total. The standard InChI is InChI=1S/C20H23N3O3/c1-15-7-6-8-16(13-15)21-20(24)18-14-17(23(25)26)9-10-19(18)22-11-4-2-3-5-12-22/h6-10,13-14H,2-5,11-12H2,1H3,(H,21,24). The van der Waals surface area contributed by atoms with E-state index >= 15 is 0 Å². The summed E-state index contributed by atoms with van der Waals surface area (Å²) >= 11 is 0. The monoisotopic (exact) mass is 353 g/mol.